The molecule has 11 aromatic rings. The molecule has 0 fully saturated rings. The molecular formula is C47H30N4O. The van der Waals surface area contributed by atoms with Gasteiger partial charge in [0.05, 0.1) is 22.1 Å². The molecule has 4 heterocycles. The van der Waals surface area contributed by atoms with Gasteiger partial charge in [-0.15, -0.1) is 0 Å². The largest absolute Gasteiger partial charge is 0.452 e. The smallest absolute Gasteiger partial charge is 0.180 e. The van der Waals surface area contributed by atoms with Crippen LogP contribution >= 0.6 is 0 Å². The third-order valence-corrected chi connectivity index (χ3v) is 10.4. The van der Waals surface area contributed by atoms with E-state index in [1.807, 2.05) is 24.3 Å². The first kappa shape index (κ1) is 28.8. The minimum atomic E-state index is 0.705. The van der Waals surface area contributed by atoms with E-state index in [2.05, 4.69) is 155 Å². The molecule has 0 aliphatic heterocycles. The van der Waals surface area contributed by atoms with Gasteiger partial charge in [-0.2, -0.15) is 0 Å². The zero-order valence-electron chi connectivity index (χ0n) is 28.3. The van der Waals surface area contributed by atoms with Gasteiger partial charge in [-0.3, -0.25) is 0 Å². The highest BCUT2D eigenvalue weighted by Crippen LogP contribution is 2.40. The van der Waals surface area contributed by atoms with E-state index >= 15 is 0 Å². The van der Waals surface area contributed by atoms with Crippen LogP contribution in [0, 0.1) is 6.92 Å². The minimum absolute atomic E-state index is 0.705. The van der Waals surface area contributed by atoms with Crippen molar-refractivity contribution >= 4 is 65.7 Å². The molecule has 0 saturated heterocycles. The molecule has 7 aromatic carbocycles. The Kier molecular flexibility index (Phi) is 6.10. The van der Waals surface area contributed by atoms with Gasteiger partial charge in [0.15, 0.2) is 5.58 Å². The van der Waals surface area contributed by atoms with Crippen molar-refractivity contribution in [3.8, 4) is 33.8 Å². The molecule has 11 rings (SSSR count). The van der Waals surface area contributed by atoms with Crippen molar-refractivity contribution in [2.45, 2.75) is 6.92 Å². The minimum Gasteiger partial charge on any atom is -0.452 e. The number of aryl methyl sites for hydroxylation is 1. The van der Waals surface area contributed by atoms with Gasteiger partial charge in [0.2, 0.25) is 0 Å². The Hall–Kier alpha value is -6.98. The molecule has 4 aromatic heterocycles. The van der Waals surface area contributed by atoms with Gasteiger partial charge in [0.1, 0.15) is 23.1 Å². The van der Waals surface area contributed by atoms with Crippen LogP contribution in [0.25, 0.3) is 99.4 Å². The van der Waals surface area contributed by atoms with Crippen LogP contribution in [-0.4, -0.2) is 19.1 Å². The van der Waals surface area contributed by atoms with Crippen molar-refractivity contribution in [3.05, 3.63) is 170 Å². The van der Waals surface area contributed by atoms with Gasteiger partial charge < -0.3 is 13.6 Å². The van der Waals surface area contributed by atoms with Crippen LogP contribution in [0.4, 0.5) is 0 Å². The molecule has 5 nitrogen and oxygen atoms in total. The molecule has 0 atom stereocenters. The lowest BCUT2D eigenvalue weighted by atomic mass is 10.0. The predicted molar refractivity (Wildman–Crippen MR) is 214 cm³/mol. The lowest BCUT2D eigenvalue weighted by Gasteiger charge is -2.12. The van der Waals surface area contributed by atoms with E-state index in [0.717, 1.165) is 55.7 Å². The Morgan fingerprint density at radius 2 is 1.02 bits per heavy atom. The first-order valence-electron chi connectivity index (χ1n) is 17.6. The number of para-hydroxylation sites is 4. The zero-order valence-corrected chi connectivity index (χ0v) is 28.3. The van der Waals surface area contributed by atoms with E-state index in [0.29, 0.717) is 5.58 Å². The third-order valence-electron chi connectivity index (χ3n) is 10.4. The van der Waals surface area contributed by atoms with Crippen LogP contribution < -0.4 is 0 Å². The Bertz CT molecular complexity index is 3200. The van der Waals surface area contributed by atoms with Crippen molar-refractivity contribution < 1.29 is 4.42 Å². The molecule has 0 aliphatic carbocycles. The molecule has 244 valence electrons. The maximum absolute atomic E-state index is 6.35. The van der Waals surface area contributed by atoms with E-state index < -0.39 is 0 Å². The SMILES string of the molecule is Cc1cc(-c2ncnc3c2oc2ccccc23)cc(-n2c3ccccc3c3cc(-c4ccc5c(c4)c4ccccc4n5-c4ccccc4)ccc32)c1. The summed E-state index contributed by atoms with van der Waals surface area (Å²) in [7, 11) is 0. The topological polar surface area (TPSA) is 48.8 Å². The highest BCUT2D eigenvalue weighted by Gasteiger charge is 2.19. The number of fused-ring (bicyclic) bond motifs is 9. The monoisotopic (exact) mass is 666 g/mol. The molecule has 52 heavy (non-hydrogen) atoms. The summed E-state index contributed by atoms with van der Waals surface area (Å²) in [5.41, 5.74) is 14.6. The second kappa shape index (κ2) is 11.0. The summed E-state index contributed by atoms with van der Waals surface area (Å²) in [5.74, 6) is 0. The van der Waals surface area contributed by atoms with Crippen molar-refractivity contribution in [1.82, 2.24) is 19.1 Å². The van der Waals surface area contributed by atoms with Gasteiger partial charge in [-0.1, -0.05) is 78.9 Å². The summed E-state index contributed by atoms with van der Waals surface area (Å²) in [4.78, 5) is 9.35. The van der Waals surface area contributed by atoms with Gasteiger partial charge in [0, 0.05) is 43.9 Å². The summed E-state index contributed by atoms with van der Waals surface area (Å²) in [6.07, 6.45) is 1.64. The molecule has 5 heteroatoms. The number of rotatable bonds is 4. The van der Waals surface area contributed by atoms with Crippen molar-refractivity contribution in [2.24, 2.45) is 0 Å². The van der Waals surface area contributed by atoms with Gasteiger partial charge in [0.25, 0.3) is 0 Å². The number of furan rings is 1. The van der Waals surface area contributed by atoms with Crippen molar-refractivity contribution in [1.29, 1.82) is 0 Å². The molecule has 0 bridgehead atoms. The second-order valence-electron chi connectivity index (χ2n) is 13.6. The molecule has 0 N–H and O–H groups in total. The van der Waals surface area contributed by atoms with E-state index in [1.54, 1.807) is 6.33 Å². The average molecular weight is 667 g/mol. The van der Waals surface area contributed by atoms with Crippen LogP contribution in [0.1, 0.15) is 5.56 Å². The Morgan fingerprint density at radius 1 is 0.442 bits per heavy atom. The maximum atomic E-state index is 6.35. The molecule has 0 aliphatic rings. The molecule has 0 unspecified atom stereocenters. The average Bonchev–Trinajstić information content (AvgIpc) is 3.85. The number of aromatic nitrogens is 4. The van der Waals surface area contributed by atoms with Crippen LogP contribution in [0.5, 0.6) is 0 Å². The van der Waals surface area contributed by atoms with Crippen molar-refractivity contribution in [2.75, 3.05) is 0 Å². The molecule has 0 spiro atoms. The predicted octanol–water partition coefficient (Wildman–Crippen LogP) is 12.2. The van der Waals surface area contributed by atoms with Gasteiger partial charge >= 0.3 is 0 Å². The normalized spacial score (nSPS) is 11.9. The third kappa shape index (κ3) is 4.23. The Balaban J connectivity index is 1.08. The van der Waals surface area contributed by atoms with Crippen LogP contribution in [0.2, 0.25) is 0 Å². The summed E-state index contributed by atoms with van der Waals surface area (Å²) >= 11 is 0. The maximum Gasteiger partial charge on any atom is 0.180 e. The van der Waals surface area contributed by atoms with Gasteiger partial charge in [-0.25, -0.2) is 9.97 Å². The number of hydrogen-bond acceptors (Lipinski definition) is 3. The lowest BCUT2D eigenvalue weighted by Crippen LogP contribution is -1.96. The van der Waals surface area contributed by atoms with Crippen molar-refractivity contribution in [3.63, 3.8) is 0 Å². The fourth-order valence-corrected chi connectivity index (χ4v) is 8.20. The molecular weight excluding hydrogens is 637 g/mol. The lowest BCUT2D eigenvalue weighted by molar-refractivity contribution is 0.667. The fraction of sp³-hybridized carbons (Fsp3) is 0.0213. The molecule has 0 amide bonds. The van der Waals surface area contributed by atoms with E-state index in [4.69, 9.17) is 9.40 Å². The van der Waals surface area contributed by atoms with Crippen LogP contribution in [-0.2, 0) is 0 Å². The van der Waals surface area contributed by atoms with Gasteiger partial charge in [-0.05, 0) is 102 Å². The summed E-state index contributed by atoms with van der Waals surface area (Å²) in [5, 5.41) is 5.92. The standard InChI is InChI=1S/C47H30N4O/c1-29-23-32(45-47-46(49-28-48-45)37-15-7-10-18-44(37)52-47)25-34(24-29)51-41-17-9-6-14-36(41)39-27-31(20-22-43(39)51)30-19-21-42-38(26-30)35-13-5-8-16-40(35)50(42)33-11-3-2-4-12-33/h2-28H,1H3. The fourth-order valence-electron chi connectivity index (χ4n) is 8.20. The summed E-state index contributed by atoms with van der Waals surface area (Å²) < 4.78 is 11.1. The molecule has 0 radical (unpaired) electrons. The second-order valence-corrected chi connectivity index (χ2v) is 13.6. The van der Waals surface area contributed by atoms with E-state index in [1.165, 1.54) is 43.7 Å². The van der Waals surface area contributed by atoms with Crippen LogP contribution in [0.15, 0.2) is 168 Å². The first-order valence-corrected chi connectivity index (χ1v) is 17.6. The number of benzene rings is 7. The highest BCUT2D eigenvalue weighted by molar-refractivity contribution is 6.13. The highest BCUT2D eigenvalue weighted by atomic mass is 16.3. The van der Waals surface area contributed by atoms with E-state index in [9.17, 15) is 0 Å². The quantitative estimate of drug-likeness (QED) is 0.188. The Labute approximate surface area is 298 Å². The number of hydrogen-bond donors (Lipinski definition) is 0. The Morgan fingerprint density at radius 3 is 1.71 bits per heavy atom. The molecule has 0 saturated carbocycles. The summed E-state index contributed by atoms with van der Waals surface area (Å²) in [6.45, 7) is 2.14. The van der Waals surface area contributed by atoms with E-state index in [-0.39, 0.29) is 0 Å². The van der Waals surface area contributed by atoms with Crippen LogP contribution in [0.3, 0.4) is 0 Å². The number of nitrogens with zero attached hydrogens (tertiary/aromatic N) is 4. The first-order chi connectivity index (χ1) is 25.7. The zero-order chi connectivity index (χ0) is 34.3. The summed E-state index contributed by atoms with van der Waals surface area (Å²) in [6, 6.07) is 56.4.